The highest BCUT2D eigenvalue weighted by atomic mass is 127. The Bertz CT molecular complexity index is 852. The zero-order chi connectivity index (χ0) is 17.5. The van der Waals surface area contributed by atoms with Crippen LogP contribution in [0.5, 0.6) is 0 Å². The lowest BCUT2D eigenvalue weighted by atomic mass is 10.2. The van der Waals surface area contributed by atoms with E-state index in [2.05, 4.69) is 38.1 Å². The van der Waals surface area contributed by atoms with Crippen molar-refractivity contribution >= 4 is 52.9 Å². The number of rotatable bonds is 5. The molecule has 0 saturated carbocycles. The van der Waals surface area contributed by atoms with Gasteiger partial charge in [-0.15, -0.1) is 35.3 Å². The molecule has 0 bridgehead atoms. The summed E-state index contributed by atoms with van der Waals surface area (Å²) in [6, 6.07) is 18.0. The summed E-state index contributed by atoms with van der Waals surface area (Å²) in [5.74, 6) is 0.717. The Hall–Kier alpha value is -1.64. The first-order valence-corrected chi connectivity index (χ1v) is 9.20. The molecule has 0 spiro atoms. The monoisotopic (exact) mass is 498 g/mol. The van der Waals surface area contributed by atoms with Crippen molar-refractivity contribution in [2.24, 2.45) is 4.99 Å². The molecule has 0 unspecified atom stereocenters. The van der Waals surface area contributed by atoms with Crippen LogP contribution < -0.4 is 10.6 Å². The van der Waals surface area contributed by atoms with Gasteiger partial charge in [-0.2, -0.15) is 0 Å². The summed E-state index contributed by atoms with van der Waals surface area (Å²) in [4.78, 5) is 8.91. The summed E-state index contributed by atoms with van der Waals surface area (Å²) in [6.45, 7) is 1.23. The van der Waals surface area contributed by atoms with Crippen molar-refractivity contribution in [1.29, 1.82) is 0 Å². The van der Waals surface area contributed by atoms with E-state index in [9.17, 15) is 0 Å². The highest BCUT2D eigenvalue weighted by molar-refractivity contribution is 14.0. The van der Waals surface area contributed by atoms with Gasteiger partial charge in [-0.3, -0.25) is 4.99 Å². The number of nitrogens with one attached hydrogen (secondary N) is 2. The molecule has 26 heavy (non-hydrogen) atoms. The van der Waals surface area contributed by atoms with E-state index in [4.69, 9.17) is 11.6 Å². The Morgan fingerprint density at radius 3 is 2.46 bits per heavy atom. The van der Waals surface area contributed by atoms with Crippen molar-refractivity contribution in [2.75, 3.05) is 7.05 Å². The SMILES string of the molecule is CN=C(NCc1csc(-c2ccccc2)n1)NCc1ccccc1Cl.I. The fraction of sp³-hybridized carbons (Fsp3) is 0.158. The van der Waals surface area contributed by atoms with E-state index >= 15 is 0 Å². The van der Waals surface area contributed by atoms with Crippen molar-refractivity contribution in [2.45, 2.75) is 13.1 Å². The van der Waals surface area contributed by atoms with Crippen molar-refractivity contribution in [3.63, 3.8) is 0 Å². The third-order valence-electron chi connectivity index (χ3n) is 3.64. The van der Waals surface area contributed by atoms with Gasteiger partial charge in [0.2, 0.25) is 0 Å². The van der Waals surface area contributed by atoms with Crippen LogP contribution in [0.4, 0.5) is 0 Å². The second-order valence-corrected chi connectivity index (χ2v) is 6.65. The quantitative estimate of drug-likeness (QED) is 0.297. The van der Waals surface area contributed by atoms with Crippen LogP contribution in [0.1, 0.15) is 11.3 Å². The Morgan fingerprint density at radius 2 is 1.73 bits per heavy atom. The normalized spacial score (nSPS) is 10.9. The maximum Gasteiger partial charge on any atom is 0.191 e. The van der Waals surface area contributed by atoms with E-state index in [1.165, 1.54) is 0 Å². The van der Waals surface area contributed by atoms with Gasteiger partial charge in [-0.25, -0.2) is 4.98 Å². The summed E-state index contributed by atoms with van der Waals surface area (Å²) >= 11 is 7.82. The molecule has 0 saturated heterocycles. The first-order chi connectivity index (χ1) is 12.3. The Kier molecular flexibility index (Phi) is 8.34. The minimum absolute atomic E-state index is 0. The van der Waals surface area contributed by atoms with Gasteiger partial charge in [0.15, 0.2) is 5.96 Å². The molecule has 0 radical (unpaired) electrons. The molecule has 0 fully saturated rings. The Morgan fingerprint density at radius 1 is 1.04 bits per heavy atom. The van der Waals surface area contributed by atoms with Gasteiger partial charge in [0.25, 0.3) is 0 Å². The van der Waals surface area contributed by atoms with E-state index < -0.39 is 0 Å². The molecule has 0 aliphatic carbocycles. The van der Waals surface area contributed by atoms with Gasteiger partial charge >= 0.3 is 0 Å². The molecule has 2 N–H and O–H groups in total. The number of aliphatic imine (C=N–C) groups is 1. The van der Waals surface area contributed by atoms with Crippen molar-refractivity contribution < 1.29 is 0 Å². The van der Waals surface area contributed by atoms with Crippen LogP contribution in [0, 0.1) is 0 Å². The topological polar surface area (TPSA) is 49.3 Å². The summed E-state index contributed by atoms with van der Waals surface area (Å²) in [7, 11) is 1.75. The predicted molar refractivity (Wildman–Crippen MR) is 121 cm³/mol. The molecule has 0 atom stereocenters. The Balaban J connectivity index is 0.00000243. The Labute approximate surface area is 179 Å². The number of aromatic nitrogens is 1. The van der Waals surface area contributed by atoms with E-state index in [1.54, 1.807) is 18.4 Å². The maximum atomic E-state index is 6.18. The van der Waals surface area contributed by atoms with Crippen molar-refractivity contribution in [1.82, 2.24) is 15.6 Å². The summed E-state index contributed by atoms with van der Waals surface area (Å²) < 4.78 is 0. The number of nitrogens with zero attached hydrogens (tertiary/aromatic N) is 2. The first kappa shape index (κ1) is 20.7. The molecule has 1 heterocycles. The molecule has 7 heteroatoms. The van der Waals surface area contributed by atoms with Gasteiger partial charge in [-0.05, 0) is 11.6 Å². The second-order valence-electron chi connectivity index (χ2n) is 5.38. The molecule has 0 amide bonds. The van der Waals surface area contributed by atoms with Crippen LogP contribution in [0.3, 0.4) is 0 Å². The predicted octanol–water partition coefficient (Wildman–Crippen LogP) is 4.95. The molecular formula is C19H20ClIN4S. The number of guanidine groups is 1. The lowest BCUT2D eigenvalue weighted by molar-refractivity contribution is 0.798. The molecule has 136 valence electrons. The van der Waals surface area contributed by atoms with Gasteiger partial charge < -0.3 is 10.6 Å². The van der Waals surface area contributed by atoms with Gasteiger partial charge in [0, 0.05) is 29.6 Å². The lowest BCUT2D eigenvalue weighted by Crippen LogP contribution is -2.36. The highest BCUT2D eigenvalue weighted by Gasteiger charge is 2.06. The third kappa shape index (κ3) is 5.69. The van der Waals surface area contributed by atoms with Crippen LogP contribution in [0.2, 0.25) is 5.02 Å². The molecule has 4 nitrogen and oxygen atoms in total. The van der Waals surface area contributed by atoms with Crippen LogP contribution in [-0.2, 0) is 13.1 Å². The van der Waals surface area contributed by atoms with Crippen molar-refractivity contribution in [3.05, 3.63) is 76.3 Å². The van der Waals surface area contributed by atoms with Crippen LogP contribution in [0.15, 0.2) is 65.0 Å². The summed E-state index contributed by atoms with van der Waals surface area (Å²) in [6.07, 6.45) is 0. The molecule has 0 aliphatic heterocycles. The number of thiazole rings is 1. The van der Waals surface area contributed by atoms with Gasteiger partial charge in [0.1, 0.15) is 5.01 Å². The lowest BCUT2D eigenvalue weighted by Gasteiger charge is -2.11. The van der Waals surface area contributed by atoms with Gasteiger partial charge in [0.05, 0.1) is 12.2 Å². The molecule has 3 rings (SSSR count). The molecule has 3 aromatic rings. The van der Waals surface area contributed by atoms with Crippen LogP contribution in [-0.4, -0.2) is 18.0 Å². The largest absolute Gasteiger partial charge is 0.352 e. The second kappa shape index (κ2) is 10.5. The minimum Gasteiger partial charge on any atom is -0.352 e. The van der Waals surface area contributed by atoms with E-state index in [-0.39, 0.29) is 24.0 Å². The maximum absolute atomic E-state index is 6.18. The smallest absolute Gasteiger partial charge is 0.191 e. The number of hydrogen-bond acceptors (Lipinski definition) is 3. The number of hydrogen-bond donors (Lipinski definition) is 2. The van der Waals surface area contributed by atoms with E-state index in [0.717, 1.165) is 26.9 Å². The third-order valence-corrected chi connectivity index (χ3v) is 4.95. The first-order valence-electron chi connectivity index (χ1n) is 7.94. The summed E-state index contributed by atoms with van der Waals surface area (Å²) in [5.41, 5.74) is 3.16. The minimum atomic E-state index is 0. The van der Waals surface area contributed by atoms with Crippen LogP contribution >= 0.6 is 46.9 Å². The average molecular weight is 499 g/mol. The molecule has 2 aromatic carbocycles. The molecule has 1 aromatic heterocycles. The fourth-order valence-electron chi connectivity index (χ4n) is 2.32. The molecule has 0 aliphatic rings. The van der Waals surface area contributed by atoms with E-state index in [0.29, 0.717) is 19.0 Å². The summed E-state index contributed by atoms with van der Waals surface area (Å²) in [5, 5.41) is 10.4. The highest BCUT2D eigenvalue weighted by Crippen LogP contribution is 2.23. The zero-order valence-corrected chi connectivity index (χ0v) is 18.2. The van der Waals surface area contributed by atoms with Gasteiger partial charge in [-0.1, -0.05) is 60.1 Å². The average Bonchev–Trinajstić information content (AvgIpc) is 3.13. The van der Waals surface area contributed by atoms with Crippen LogP contribution in [0.25, 0.3) is 10.6 Å². The number of halogens is 2. The van der Waals surface area contributed by atoms with Crippen molar-refractivity contribution in [3.8, 4) is 10.6 Å². The number of benzene rings is 2. The zero-order valence-electron chi connectivity index (χ0n) is 14.3. The van der Waals surface area contributed by atoms with E-state index in [1.807, 2.05) is 42.5 Å². The molecular weight excluding hydrogens is 479 g/mol. The fourth-order valence-corrected chi connectivity index (χ4v) is 3.35. The standard InChI is InChI=1S/C19H19ClN4S.HI/c1-21-19(22-11-15-9-5-6-10-17(15)20)23-12-16-13-25-18(24-16)14-7-3-2-4-8-14;/h2-10,13H,11-12H2,1H3,(H2,21,22,23);1H.